The highest BCUT2D eigenvalue weighted by atomic mass is 16.5. The van der Waals surface area contributed by atoms with E-state index in [1.807, 2.05) is 31.2 Å². The van der Waals surface area contributed by atoms with Crippen LogP contribution < -0.4 is 15.2 Å². The number of nitrogens with zero attached hydrogens (tertiary/aromatic N) is 2. The Labute approximate surface area is 144 Å². The minimum atomic E-state index is -0.825. The monoisotopic (exact) mass is 339 g/mol. The molecule has 3 N–H and O–H groups in total. The molecule has 3 rings (SSSR count). The topological polar surface area (TPSA) is 108 Å². The number of primary amides is 1. The van der Waals surface area contributed by atoms with Crippen LogP contribution >= 0.6 is 0 Å². The summed E-state index contributed by atoms with van der Waals surface area (Å²) >= 11 is 0. The molecule has 0 bridgehead atoms. The first-order valence-corrected chi connectivity index (χ1v) is 7.65. The minimum absolute atomic E-state index is 0.141. The van der Waals surface area contributed by atoms with Gasteiger partial charge in [-0.05, 0) is 30.7 Å². The average molecular weight is 339 g/mol. The first-order chi connectivity index (χ1) is 12.0. The summed E-state index contributed by atoms with van der Waals surface area (Å²) in [6.45, 7) is 2.45. The largest absolute Gasteiger partial charge is 0.503 e. The van der Waals surface area contributed by atoms with Crippen molar-refractivity contribution in [2.24, 2.45) is 5.73 Å². The second-order valence-corrected chi connectivity index (χ2v) is 5.26. The predicted octanol–water partition coefficient (Wildman–Crippen LogP) is 2.51. The highest BCUT2D eigenvalue weighted by molar-refractivity contribution is 5.96. The van der Waals surface area contributed by atoms with Gasteiger partial charge in [-0.2, -0.15) is 0 Å². The Bertz CT molecular complexity index is 956. The molecule has 1 amide bonds. The molecule has 7 nitrogen and oxygen atoms in total. The van der Waals surface area contributed by atoms with E-state index in [1.165, 1.54) is 13.3 Å². The summed E-state index contributed by atoms with van der Waals surface area (Å²) in [4.78, 5) is 19.7. The summed E-state index contributed by atoms with van der Waals surface area (Å²) in [6, 6.07) is 9.24. The van der Waals surface area contributed by atoms with Crippen LogP contribution in [0.5, 0.6) is 17.4 Å². The summed E-state index contributed by atoms with van der Waals surface area (Å²) in [5.74, 6) is -0.501. The van der Waals surface area contributed by atoms with Crippen molar-refractivity contribution >= 4 is 16.8 Å². The molecule has 2 heterocycles. The summed E-state index contributed by atoms with van der Waals surface area (Å²) in [6.07, 6.45) is 1.45. The fourth-order valence-corrected chi connectivity index (χ4v) is 2.58. The normalized spacial score (nSPS) is 10.6. The molecule has 25 heavy (non-hydrogen) atoms. The maximum Gasteiger partial charge on any atom is 0.271 e. The Hall–Kier alpha value is -3.35. The van der Waals surface area contributed by atoms with Gasteiger partial charge in [0, 0.05) is 23.2 Å². The van der Waals surface area contributed by atoms with Gasteiger partial charge in [0.25, 0.3) is 5.91 Å². The van der Waals surface area contributed by atoms with E-state index in [0.717, 1.165) is 16.5 Å². The molecular formula is C18H17N3O4. The van der Waals surface area contributed by atoms with Crippen LogP contribution in [0.4, 0.5) is 0 Å². The maximum absolute atomic E-state index is 11.3. The molecule has 0 aliphatic rings. The summed E-state index contributed by atoms with van der Waals surface area (Å²) in [7, 11) is 1.40. The van der Waals surface area contributed by atoms with Gasteiger partial charge in [0.05, 0.1) is 19.2 Å². The van der Waals surface area contributed by atoms with Crippen molar-refractivity contribution in [1.82, 2.24) is 9.97 Å². The second kappa shape index (κ2) is 6.64. The molecule has 0 fully saturated rings. The van der Waals surface area contributed by atoms with Gasteiger partial charge in [-0.15, -0.1) is 0 Å². The first kappa shape index (κ1) is 16.5. The van der Waals surface area contributed by atoms with E-state index in [9.17, 15) is 9.90 Å². The Kier molecular flexibility index (Phi) is 4.38. The molecule has 0 saturated heterocycles. The van der Waals surface area contributed by atoms with Gasteiger partial charge in [-0.1, -0.05) is 6.07 Å². The minimum Gasteiger partial charge on any atom is -0.503 e. The van der Waals surface area contributed by atoms with Gasteiger partial charge in [0.15, 0.2) is 17.2 Å². The zero-order chi connectivity index (χ0) is 18.0. The van der Waals surface area contributed by atoms with Crippen LogP contribution in [-0.2, 0) is 0 Å². The third-order valence-corrected chi connectivity index (χ3v) is 3.71. The van der Waals surface area contributed by atoms with Crippen LogP contribution in [0.15, 0.2) is 36.5 Å². The van der Waals surface area contributed by atoms with E-state index in [2.05, 4.69) is 9.97 Å². The van der Waals surface area contributed by atoms with E-state index in [4.69, 9.17) is 15.2 Å². The standard InChI is InChI=1S/C18H17N3O4/c1-3-25-14-7-5-11-8-10(4-6-13(11)21-14)12-9-20-15(18(19)23)16(22)17(12)24-2/h4-9,22H,3H2,1-2H3,(H2,19,23). The number of carbonyl (C=O) groups is 1. The Balaban J connectivity index is 2.11. The number of pyridine rings is 2. The van der Waals surface area contributed by atoms with Crippen molar-refractivity contribution in [3.8, 4) is 28.5 Å². The van der Waals surface area contributed by atoms with Gasteiger partial charge >= 0.3 is 0 Å². The van der Waals surface area contributed by atoms with Gasteiger partial charge in [0.2, 0.25) is 5.88 Å². The number of hydrogen-bond acceptors (Lipinski definition) is 6. The zero-order valence-electron chi connectivity index (χ0n) is 13.8. The van der Waals surface area contributed by atoms with Gasteiger partial charge in [-0.25, -0.2) is 9.97 Å². The fourth-order valence-electron chi connectivity index (χ4n) is 2.58. The average Bonchev–Trinajstić information content (AvgIpc) is 2.61. The number of methoxy groups -OCH3 is 1. The number of hydrogen-bond donors (Lipinski definition) is 2. The highest BCUT2D eigenvalue weighted by Gasteiger charge is 2.19. The molecule has 3 aromatic rings. The second-order valence-electron chi connectivity index (χ2n) is 5.26. The summed E-state index contributed by atoms with van der Waals surface area (Å²) in [5, 5.41) is 11.1. The van der Waals surface area contributed by atoms with Crippen LogP contribution in [0.25, 0.3) is 22.0 Å². The molecule has 0 aliphatic carbocycles. The molecule has 1 aromatic carbocycles. The highest BCUT2D eigenvalue weighted by Crippen LogP contribution is 2.39. The van der Waals surface area contributed by atoms with E-state index in [1.54, 1.807) is 6.07 Å². The smallest absolute Gasteiger partial charge is 0.271 e. The quantitative estimate of drug-likeness (QED) is 0.739. The predicted molar refractivity (Wildman–Crippen MR) is 92.9 cm³/mol. The van der Waals surface area contributed by atoms with Crippen molar-refractivity contribution in [3.05, 3.63) is 42.2 Å². The number of benzene rings is 1. The lowest BCUT2D eigenvalue weighted by molar-refractivity contribution is 0.0992. The van der Waals surface area contributed by atoms with Gasteiger partial charge in [0.1, 0.15) is 0 Å². The SMILES string of the molecule is CCOc1ccc2cc(-c3cnc(C(N)=O)c(O)c3OC)ccc2n1. The maximum atomic E-state index is 11.3. The number of aromatic hydroxyl groups is 1. The van der Waals surface area contributed by atoms with Crippen molar-refractivity contribution < 1.29 is 19.4 Å². The molecule has 0 unspecified atom stereocenters. The van der Waals surface area contributed by atoms with Crippen molar-refractivity contribution in [2.75, 3.05) is 13.7 Å². The summed E-state index contributed by atoms with van der Waals surface area (Å²) < 4.78 is 10.6. The van der Waals surface area contributed by atoms with E-state index < -0.39 is 5.91 Å². The molecule has 0 spiro atoms. The molecule has 7 heteroatoms. The first-order valence-electron chi connectivity index (χ1n) is 7.65. The summed E-state index contributed by atoms with van der Waals surface area (Å²) in [5.41, 5.74) is 7.05. The molecular weight excluding hydrogens is 322 g/mol. The van der Waals surface area contributed by atoms with Gasteiger partial charge < -0.3 is 20.3 Å². The Morgan fingerprint density at radius 2 is 2.08 bits per heavy atom. The van der Waals surface area contributed by atoms with E-state index in [0.29, 0.717) is 18.1 Å². The number of ether oxygens (including phenoxy) is 2. The van der Waals surface area contributed by atoms with E-state index >= 15 is 0 Å². The fraction of sp³-hybridized carbons (Fsp3) is 0.167. The van der Waals surface area contributed by atoms with E-state index in [-0.39, 0.29) is 17.2 Å². The van der Waals surface area contributed by atoms with Crippen LogP contribution in [0.3, 0.4) is 0 Å². The number of nitrogens with two attached hydrogens (primary N) is 1. The third kappa shape index (κ3) is 3.03. The number of carbonyl (C=O) groups excluding carboxylic acids is 1. The van der Waals surface area contributed by atoms with Crippen molar-refractivity contribution in [2.45, 2.75) is 6.92 Å². The molecule has 2 aromatic heterocycles. The van der Waals surface area contributed by atoms with Crippen molar-refractivity contribution in [1.29, 1.82) is 0 Å². The van der Waals surface area contributed by atoms with Crippen LogP contribution in [0, 0.1) is 0 Å². The third-order valence-electron chi connectivity index (χ3n) is 3.71. The number of amides is 1. The molecule has 0 atom stereocenters. The Morgan fingerprint density at radius 1 is 1.28 bits per heavy atom. The number of rotatable bonds is 5. The lowest BCUT2D eigenvalue weighted by Crippen LogP contribution is -2.13. The van der Waals surface area contributed by atoms with Crippen molar-refractivity contribution in [3.63, 3.8) is 0 Å². The molecule has 128 valence electrons. The molecule has 0 saturated carbocycles. The lowest BCUT2D eigenvalue weighted by atomic mass is 10.0. The van der Waals surface area contributed by atoms with Gasteiger partial charge in [-0.3, -0.25) is 4.79 Å². The number of aromatic nitrogens is 2. The number of fused-ring (bicyclic) bond motifs is 1. The van der Waals surface area contributed by atoms with Crippen LogP contribution in [0.2, 0.25) is 0 Å². The van der Waals surface area contributed by atoms with Crippen LogP contribution in [-0.4, -0.2) is 34.7 Å². The van der Waals surface area contributed by atoms with Crippen LogP contribution in [0.1, 0.15) is 17.4 Å². The molecule has 0 radical (unpaired) electrons. The molecule has 0 aliphatic heterocycles. The zero-order valence-corrected chi connectivity index (χ0v) is 13.8. The Morgan fingerprint density at radius 3 is 2.76 bits per heavy atom. The lowest BCUT2D eigenvalue weighted by Gasteiger charge is -2.12.